The maximum absolute atomic E-state index is 13.1. The smallest absolute Gasteiger partial charge is 0.259 e. The molecule has 2 aromatic carbocycles. The predicted octanol–water partition coefficient (Wildman–Crippen LogP) is 4.70. The van der Waals surface area contributed by atoms with Crippen LogP contribution in [0, 0.1) is 13.5 Å². The normalized spacial score (nSPS) is 16.1. The molecule has 7 heteroatoms. The molecule has 1 fully saturated rings. The van der Waals surface area contributed by atoms with Crippen molar-refractivity contribution in [3.63, 3.8) is 0 Å². The highest BCUT2D eigenvalue weighted by atomic mass is 35.5. The van der Waals surface area contributed by atoms with Gasteiger partial charge in [0, 0.05) is 11.4 Å². The third-order valence-corrected chi connectivity index (χ3v) is 5.17. The van der Waals surface area contributed by atoms with Crippen LogP contribution in [-0.2, 0) is 4.79 Å². The Morgan fingerprint density at radius 1 is 1.19 bits per heavy atom. The fourth-order valence-corrected chi connectivity index (χ4v) is 3.67. The quantitative estimate of drug-likeness (QED) is 0.463. The second kappa shape index (κ2) is 6.27. The number of aryl methyl sites for hydroxylation is 1. The van der Waals surface area contributed by atoms with E-state index in [4.69, 9.17) is 36.1 Å². The summed E-state index contributed by atoms with van der Waals surface area (Å²) < 4.78 is 0. The number of thiocarbonyl (C=S) groups is 1. The van der Waals surface area contributed by atoms with E-state index in [2.05, 4.69) is 4.85 Å². The summed E-state index contributed by atoms with van der Waals surface area (Å²) in [7, 11) is 0. The van der Waals surface area contributed by atoms with Crippen LogP contribution in [0.4, 0.5) is 22.7 Å². The van der Waals surface area contributed by atoms with E-state index in [9.17, 15) is 4.79 Å². The molecule has 26 heavy (non-hydrogen) atoms. The summed E-state index contributed by atoms with van der Waals surface area (Å²) in [5, 5.41) is 0.807. The highest BCUT2D eigenvalue weighted by Gasteiger charge is 2.50. The number of nitrogen functional groups attached to an aromatic ring is 1. The lowest BCUT2D eigenvalue weighted by Crippen LogP contribution is -2.44. The van der Waals surface area contributed by atoms with Crippen LogP contribution in [0.25, 0.3) is 4.85 Å². The van der Waals surface area contributed by atoms with Gasteiger partial charge in [-0.15, -0.1) is 0 Å². The number of carbonyl (C=O) groups is 1. The molecule has 0 radical (unpaired) electrons. The molecule has 1 aliphatic rings. The molecular formula is C19H17ClN4OS. The Balaban J connectivity index is 2.09. The molecule has 0 atom stereocenters. The number of rotatable bonds is 2. The lowest BCUT2D eigenvalue weighted by molar-refractivity contribution is -0.120. The second-order valence-electron chi connectivity index (χ2n) is 6.61. The highest BCUT2D eigenvalue weighted by Crippen LogP contribution is 2.38. The molecule has 0 aliphatic carbocycles. The van der Waals surface area contributed by atoms with Gasteiger partial charge in [-0.3, -0.25) is 9.69 Å². The fraction of sp³-hybridized carbons (Fsp3) is 0.211. The zero-order valence-electron chi connectivity index (χ0n) is 14.6. The number of benzene rings is 2. The molecule has 0 bridgehead atoms. The van der Waals surface area contributed by atoms with Crippen LogP contribution in [0.15, 0.2) is 36.4 Å². The predicted molar refractivity (Wildman–Crippen MR) is 110 cm³/mol. The molecule has 0 aromatic heterocycles. The number of nitrogens with two attached hydrogens (primary N) is 1. The first-order valence-electron chi connectivity index (χ1n) is 7.90. The summed E-state index contributed by atoms with van der Waals surface area (Å²) in [6, 6.07) is 10.4. The van der Waals surface area contributed by atoms with Crippen molar-refractivity contribution in [1.82, 2.24) is 0 Å². The number of carbonyl (C=O) groups excluding carboxylic acids is 1. The first-order valence-corrected chi connectivity index (χ1v) is 8.69. The molecule has 0 unspecified atom stereocenters. The monoisotopic (exact) mass is 384 g/mol. The minimum absolute atomic E-state index is 0.147. The van der Waals surface area contributed by atoms with Gasteiger partial charge in [0.25, 0.3) is 5.91 Å². The van der Waals surface area contributed by atoms with Crippen LogP contribution in [0.1, 0.15) is 19.4 Å². The molecule has 1 saturated heterocycles. The van der Waals surface area contributed by atoms with Crippen molar-refractivity contribution in [2.45, 2.75) is 26.3 Å². The molecule has 132 valence electrons. The topological polar surface area (TPSA) is 53.9 Å². The van der Waals surface area contributed by atoms with E-state index in [-0.39, 0.29) is 5.91 Å². The van der Waals surface area contributed by atoms with E-state index in [1.54, 1.807) is 41.3 Å². The van der Waals surface area contributed by atoms with Crippen LogP contribution in [0.3, 0.4) is 0 Å². The van der Waals surface area contributed by atoms with Gasteiger partial charge in [-0.1, -0.05) is 17.7 Å². The number of nitrogens with zero attached hydrogens (tertiary/aromatic N) is 3. The number of amides is 1. The summed E-state index contributed by atoms with van der Waals surface area (Å²) in [6.07, 6.45) is 0. The van der Waals surface area contributed by atoms with Gasteiger partial charge in [0.1, 0.15) is 5.54 Å². The Hall–Kier alpha value is -2.62. The molecular weight excluding hydrogens is 368 g/mol. The van der Waals surface area contributed by atoms with Crippen molar-refractivity contribution in [2.75, 3.05) is 15.5 Å². The lowest BCUT2D eigenvalue weighted by Gasteiger charge is -2.29. The molecule has 0 spiro atoms. The Morgan fingerprint density at radius 3 is 2.42 bits per heavy atom. The van der Waals surface area contributed by atoms with Crippen molar-refractivity contribution in [3.05, 3.63) is 58.4 Å². The number of anilines is 3. The Labute approximate surface area is 162 Å². The maximum atomic E-state index is 13.1. The summed E-state index contributed by atoms with van der Waals surface area (Å²) in [6.45, 7) is 12.6. The zero-order valence-corrected chi connectivity index (χ0v) is 16.1. The second-order valence-corrected chi connectivity index (χ2v) is 7.38. The molecule has 1 heterocycles. The molecule has 1 amide bonds. The van der Waals surface area contributed by atoms with Crippen molar-refractivity contribution >= 4 is 57.6 Å². The van der Waals surface area contributed by atoms with Gasteiger partial charge >= 0.3 is 0 Å². The lowest BCUT2D eigenvalue weighted by atomic mass is 10.0. The third-order valence-electron chi connectivity index (χ3n) is 4.46. The van der Waals surface area contributed by atoms with Crippen molar-refractivity contribution in [1.29, 1.82) is 0 Å². The van der Waals surface area contributed by atoms with Gasteiger partial charge in [-0.05, 0) is 68.9 Å². The standard InChI is InChI=1S/C19H17ClN4OS/c1-11-9-12(6-8-16(11)22-4)23-17(25)19(2,3)24(18(23)26)13-5-7-14(20)15(21)10-13/h5-10H,21H2,1-3H3. The van der Waals surface area contributed by atoms with Crippen LogP contribution < -0.4 is 15.5 Å². The van der Waals surface area contributed by atoms with E-state index >= 15 is 0 Å². The van der Waals surface area contributed by atoms with Gasteiger partial charge in [0.15, 0.2) is 10.8 Å². The first-order chi connectivity index (χ1) is 12.2. The summed E-state index contributed by atoms with van der Waals surface area (Å²) in [5.74, 6) is -0.147. The van der Waals surface area contributed by atoms with E-state index < -0.39 is 5.54 Å². The number of halogens is 1. The van der Waals surface area contributed by atoms with E-state index in [0.29, 0.717) is 32.9 Å². The summed E-state index contributed by atoms with van der Waals surface area (Å²) >= 11 is 11.6. The first kappa shape index (κ1) is 18.2. The van der Waals surface area contributed by atoms with Crippen molar-refractivity contribution in [3.8, 4) is 0 Å². The number of hydrogen-bond acceptors (Lipinski definition) is 3. The van der Waals surface area contributed by atoms with Crippen LogP contribution in [0.2, 0.25) is 5.02 Å². The Kier molecular flexibility index (Phi) is 4.39. The summed E-state index contributed by atoms with van der Waals surface area (Å²) in [5.41, 5.74) is 8.15. The Morgan fingerprint density at radius 2 is 1.85 bits per heavy atom. The fourth-order valence-electron chi connectivity index (χ4n) is 3.03. The third kappa shape index (κ3) is 2.70. The molecule has 2 N–H and O–H groups in total. The number of hydrogen-bond donors (Lipinski definition) is 1. The average molecular weight is 385 g/mol. The molecule has 0 saturated carbocycles. The average Bonchev–Trinajstić information content (AvgIpc) is 2.75. The summed E-state index contributed by atoms with van der Waals surface area (Å²) in [4.78, 5) is 19.9. The SMILES string of the molecule is [C-]#[N+]c1ccc(N2C(=O)C(C)(C)N(c3ccc(Cl)c(N)c3)C2=S)cc1C. The maximum Gasteiger partial charge on any atom is 0.259 e. The van der Waals surface area contributed by atoms with Crippen LogP contribution in [0.5, 0.6) is 0 Å². The van der Waals surface area contributed by atoms with E-state index in [1.807, 2.05) is 20.8 Å². The van der Waals surface area contributed by atoms with Gasteiger partial charge in [-0.2, -0.15) is 0 Å². The molecule has 1 aliphatic heterocycles. The van der Waals surface area contributed by atoms with Gasteiger partial charge in [-0.25, -0.2) is 4.85 Å². The largest absolute Gasteiger partial charge is 0.397 e. The van der Waals surface area contributed by atoms with E-state index in [0.717, 1.165) is 5.56 Å². The van der Waals surface area contributed by atoms with Gasteiger partial charge in [0.2, 0.25) is 0 Å². The van der Waals surface area contributed by atoms with Gasteiger partial charge in [0.05, 0.1) is 17.3 Å². The van der Waals surface area contributed by atoms with E-state index in [1.165, 1.54) is 4.90 Å². The van der Waals surface area contributed by atoms with Crippen LogP contribution in [-0.4, -0.2) is 16.6 Å². The van der Waals surface area contributed by atoms with Crippen molar-refractivity contribution < 1.29 is 4.79 Å². The van der Waals surface area contributed by atoms with Gasteiger partial charge < -0.3 is 10.6 Å². The van der Waals surface area contributed by atoms with Crippen LogP contribution >= 0.6 is 23.8 Å². The highest BCUT2D eigenvalue weighted by molar-refractivity contribution is 7.81. The molecule has 5 nitrogen and oxygen atoms in total. The molecule has 3 rings (SSSR count). The minimum Gasteiger partial charge on any atom is -0.397 e. The minimum atomic E-state index is -0.885. The Bertz CT molecular complexity index is 980. The zero-order chi connectivity index (χ0) is 19.2. The van der Waals surface area contributed by atoms with Crippen molar-refractivity contribution in [2.24, 2.45) is 0 Å². The molecule has 2 aromatic rings.